The van der Waals surface area contributed by atoms with E-state index in [9.17, 15) is 0 Å². The third-order valence-electron chi connectivity index (χ3n) is 3.25. The first-order valence-electron chi connectivity index (χ1n) is 6.66. The van der Waals surface area contributed by atoms with Gasteiger partial charge in [-0.25, -0.2) is 4.98 Å². The lowest BCUT2D eigenvalue weighted by Gasteiger charge is -2.22. The number of anilines is 1. The van der Waals surface area contributed by atoms with Crippen molar-refractivity contribution in [1.29, 1.82) is 0 Å². The van der Waals surface area contributed by atoms with E-state index in [1.807, 2.05) is 38.2 Å². The van der Waals surface area contributed by atoms with Gasteiger partial charge in [-0.15, -0.1) is 0 Å². The molecule has 20 heavy (non-hydrogen) atoms. The topological polar surface area (TPSA) is 51.4 Å². The molecule has 0 saturated carbocycles. The Morgan fingerprint density at radius 1 is 1.25 bits per heavy atom. The van der Waals surface area contributed by atoms with Gasteiger partial charge in [0.25, 0.3) is 0 Å². The lowest BCUT2D eigenvalue weighted by atomic mass is 10.1. The number of pyridine rings is 1. The minimum absolute atomic E-state index is 0.0305. The van der Waals surface area contributed by atoms with Crippen molar-refractivity contribution in [2.75, 3.05) is 19.1 Å². The highest BCUT2D eigenvalue weighted by molar-refractivity contribution is 5.48. The van der Waals surface area contributed by atoms with E-state index in [0.717, 1.165) is 23.7 Å². The molecule has 2 aromatic rings. The number of methoxy groups -OCH3 is 1. The summed E-state index contributed by atoms with van der Waals surface area (Å²) >= 11 is 0. The minimum atomic E-state index is -0.0305. The zero-order valence-corrected chi connectivity index (χ0v) is 12.2. The second-order valence-electron chi connectivity index (χ2n) is 4.91. The molecule has 0 aliphatic carbocycles. The van der Waals surface area contributed by atoms with Crippen LogP contribution in [-0.2, 0) is 6.54 Å². The zero-order valence-electron chi connectivity index (χ0n) is 12.2. The summed E-state index contributed by atoms with van der Waals surface area (Å²) in [6.07, 6.45) is 1.80. The summed E-state index contributed by atoms with van der Waals surface area (Å²) in [5.41, 5.74) is 8.26. The second kappa shape index (κ2) is 6.39. The lowest BCUT2D eigenvalue weighted by molar-refractivity contribution is 0.414. The Kier molecular flexibility index (Phi) is 4.58. The number of benzene rings is 1. The maximum absolute atomic E-state index is 6.00. The highest BCUT2D eigenvalue weighted by Gasteiger charge is 2.12. The average Bonchev–Trinajstić information content (AvgIpc) is 2.48. The number of hydrogen-bond acceptors (Lipinski definition) is 4. The monoisotopic (exact) mass is 271 g/mol. The molecule has 0 bridgehead atoms. The first kappa shape index (κ1) is 14.3. The van der Waals surface area contributed by atoms with Gasteiger partial charge in [0, 0.05) is 31.4 Å². The van der Waals surface area contributed by atoms with E-state index in [1.54, 1.807) is 13.3 Å². The fraction of sp³-hybridized carbons (Fsp3) is 0.312. The maximum atomic E-state index is 6.00. The van der Waals surface area contributed by atoms with Crippen LogP contribution in [0.15, 0.2) is 42.6 Å². The predicted octanol–water partition coefficient (Wildman–Crippen LogP) is 2.75. The number of hydrogen-bond donors (Lipinski definition) is 1. The third-order valence-corrected chi connectivity index (χ3v) is 3.25. The van der Waals surface area contributed by atoms with Crippen molar-refractivity contribution in [2.24, 2.45) is 5.73 Å². The van der Waals surface area contributed by atoms with E-state index < -0.39 is 0 Å². The number of nitrogens with zero attached hydrogens (tertiary/aromatic N) is 2. The molecule has 2 N–H and O–H groups in total. The first-order chi connectivity index (χ1) is 9.61. The van der Waals surface area contributed by atoms with E-state index >= 15 is 0 Å². The fourth-order valence-electron chi connectivity index (χ4n) is 2.16. The van der Waals surface area contributed by atoms with Gasteiger partial charge in [0.1, 0.15) is 11.6 Å². The number of aromatic nitrogens is 1. The van der Waals surface area contributed by atoms with Gasteiger partial charge in [-0.05, 0) is 30.7 Å². The molecule has 0 spiro atoms. The van der Waals surface area contributed by atoms with Crippen LogP contribution >= 0.6 is 0 Å². The van der Waals surface area contributed by atoms with Crippen molar-refractivity contribution >= 4 is 5.82 Å². The summed E-state index contributed by atoms with van der Waals surface area (Å²) in [6.45, 7) is 2.75. The molecule has 106 valence electrons. The van der Waals surface area contributed by atoms with Crippen LogP contribution in [0.2, 0.25) is 0 Å². The summed E-state index contributed by atoms with van der Waals surface area (Å²) in [7, 11) is 3.70. The van der Waals surface area contributed by atoms with Crippen LogP contribution in [0.5, 0.6) is 5.75 Å². The molecular weight excluding hydrogens is 250 g/mol. The van der Waals surface area contributed by atoms with Crippen molar-refractivity contribution in [1.82, 2.24) is 4.98 Å². The van der Waals surface area contributed by atoms with Crippen molar-refractivity contribution < 1.29 is 4.74 Å². The summed E-state index contributed by atoms with van der Waals surface area (Å²) in [5, 5.41) is 0. The summed E-state index contributed by atoms with van der Waals surface area (Å²) in [4.78, 5) is 6.56. The van der Waals surface area contributed by atoms with Crippen LogP contribution in [-0.4, -0.2) is 19.1 Å². The van der Waals surface area contributed by atoms with E-state index in [-0.39, 0.29) is 6.04 Å². The molecular formula is C16H21N3O. The molecule has 1 aromatic carbocycles. The van der Waals surface area contributed by atoms with Crippen LogP contribution in [0.25, 0.3) is 0 Å². The smallest absolute Gasteiger partial charge is 0.133 e. The van der Waals surface area contributed by atoms with Gasteiger partial charge in [0.2, 0.25) is 0 Å². The van der Waals surface area contributed by atoms with Crippen LogP contribution < -0.4 is 15.4 Å². The molecule has 0 unspecified atom stereocenters. The quantitative estimate of drug-likeness (QED) is 0.908. The zero-order chi connectivity index (χ0) is 14.5. The summed E-state index contributed by atoms with van der Waals surface area (Å²) < 4.78 is 5.17. The highest BCUT2D eigenvalue weighted by Crippen LogP contribution is 2.23. The molecule has 1 heterocycles. The first-order valence-corrected chi connectivity index (χ1v) is 6.66. The second-order valence-corrected chi connectivity index (χ2v) is 4.91. The number of ether oxygens (including phenoxy) is 1. The molecule has 0 fully saturated rings. The fourth-order valence-corrected chi connectivity index (χ4v) is 2.16. The van der Waals surface area contributed by atoms with Gasteiger partial charge in [-0.2, -0.15) is 0 Å². The summed E-state index contributed by atoms with van der Waals surface area (Å²) in [5.74, 6) is 1.80. The van der Waals surface area contributed by atoms with Crippen molar-refractivity contribution in [3.63, 3.8) is 0 Å². The van der Waals surface area contributed by atoms with E-state index in [0.29, 0.717) is 0 Å². The Morgan fingerprint density at radius 3 is 2.55 bits per heavy atom. The Hall–Kier alpha value is -2.07. The average molecular weight is 271 g/mol. The van der Waals surface area contributed by atoms with Crippen LogP contribution in [0.4, 0.5) is 5.82 Å². The van der Waals surface area contributed by atoms with Crippen molar-refractivity contribution in [3.05, 3.63) is 53.7 Å². The molecule has 0 radical (unpaired) electrons. The molecule has 0 amide bonds. The van der Waals surface area contributed by atoms with Gasteiger partial charge >= 0.3 is 0 Å². The van der Waals surface area contributed by atoms with Gasteiger partial charge in [0.15, 0.2) is 0 Å². The predicted molar refractivity (Wildman–Crippen MR) is 81.9 cm³/mol. The normalized spacial score (nSPS) is 12.0. The van der Waals surface area contributed by atoms with Crippen LogP contribution in [0, 0.1) is 0 Å². The van der Waals surface area contributed by atoms with Gasteiger partial charge < -0.3 is 15.4 Å². The molecule has 4 heteroatoms. The largest absolute Gasteiger partial charge is 0.497 e. The molecule has 2 rings (SSSR count). The van der Waals surface area contributed by atoms with E-state index in [4.69, 9.17) is 10.5 Å². The Labute approximate surface area is 120 Å². The number of rotatable bonds is 5. The summed E-state index contributed by atoms with van der Waals surface area (Å²) in [6, 6.07) is 12.0. The van der Waals surface area contributed by atoms with Gasteiger partial charge in [-0.3, -0.25) is 0 Å². The Bertz CT molecular complexity index is 552. The Morgan fingerprint density at radius 2 is 1.95 bits per heavy atom. The molecule has 0 aliphatic rings. The Balaban J connectivity index is 2.17. The lowest BCUT2D eigenvalue weighted by Crippen LogP contribution is -2.21. The SMILES string of the molecule is COc1ccc(CN(C)c2ncccc2[C@@H](C)N)cc1. The molecule has 1 aromatic heterocycles. The number of nitrogens with two attached hydrogens (primary N) is 1. The molecule has 0 saturated heterocycles. The van der Waals surface area contributed by atoms with Crippen molar-refractivity contribution in [2.45, 2.75) is 19.5 Å². The van der Waals surface area contributed by atoms with Gasteiger partial charge in [0.05, 0.1) is 7.11 Å². The molecule has 0 aliphatic heterocycles. The van der Waals surface area contributed by atoms with Crippen LogP contribution in [0.1, 0.15) is 24.1 Å². The molecule has 1 atom stereocenters. The highest BCUT2D eigenvalue weighted by atomic mass is 16.5. The van der Waals surface area contributed by atoms with Crippen LogP contribution in [0.3, 0.4) is 0 Å². The van der Waals surface area contributed by atoms with Gasteiger partial charge in [-0.1, -0.05) is 18.2 Å². The standard InChI is InChI=1S/C16H21N3O/c1-12(17)15-5-4-10-18-16(15)19(2)11-13-6-8-14(20-3)9-7-13/h4-10,12H,11,17H2,1-3H3/t12-/m1/s1. The third kappa shape index (κ3) is 3.27. The van der Waals surface area contributed by atoms with E-state index in [2.05, 4.69) is 22.0 Å². The van der Waals surface area contributed by atoms with Crippen molar-refractivity contribution in [3.8, 4) is 5.75 Å². The minimum Gasteiger partial charge on any atom is -0.497 e. The molecule has 4 nitrogen and oxygen atoms in total. The maximum Gasteiger partial charge on any atom is 0.133 e. The van der Waals surface area contributed by atoms with E-state index in [1.165, 1.54) is 5.56 Å².